The summed E-state index contributed by atoms with van der Waals surface area (Å²) in [6.07, 6.45) is 3.88. The Morgan fingerprint density at radius 1 is 1.13 bits per heavy atom. The van der Waals surface area contributed by atoms with E-state index in [1.54, 1.807) is 0 Å². The third-order valence-corrected chi connectivity index (χ3v) is 3.58. The molecule has 2 rings (SSSR count). The second kappa shape index (κ2) is 4.36. The maximum Gasteiger partial charge on any atom is 0.0108 e. The van der Waals surface area contributed by atoms with Gasteiger partial charge in [0.1, 0.15) is 0 Å². The Hall–Kier alpha value is -0.820. The standard InChI is InChI=1S/C14H21N/c1-10-7-12(3)13(8-11(10)2)9-14-5-4-6-15-14/h7-8,14-15H,4-6,9H2,1-3H3/t14-/m0/s1. The van der Waals surface area contributed by atoms with E-state index in [1.807, 2.05) is 0 Å². The fourth-order valence-electron chi connectivity index (χ4n) is 2.44. The minimum Gasteiger partial charge on any atom is -0.314 e. The van der Waals surface area contributed by atoms with E-state index in [2.05, 4.69) is 38.2 Å². The molecule has 0 spiro atoms. The van der Waals surface area contributed by atoms with Crippen molar-refractivity contribution < 1.29 is 0 Å². The van der Waals surface area contributed by atoms with Gasteiger partial charge in [0.25, 0.3) is 0 Å². The van der Waals surface area contributed by atoms with Crippen molar-refractivity contribution in [1.29, 1.82) is 0 Å². The van der Waals surface area contributed by atoms with Gasteiger partial charge in [-0.3, -0.25) is 0 Å². The molecular formula is C14H21N. The highest BCUT2D eigenvalue weighted by molar-refractivity contribution is 5.36. The van der Waals surface area contributed by atoms with Gasteiger partial charge in [-0.1, -0.05) is 12.1 Å². The first-order valence-electron chi connectivity index (χ1n) is 5.97. The number of hydrogen-bond donors (Lipinski definition) is 1. The van der Waals surface area contributed by atoms with Crippen molar-refractivity contribution in [2.24, 2.45) is 0 Å². The van der Waals surface area contributed by atoms with Crippen LogP contribution in [0.2, 0.25) is 0 Å². The minimum absolute atomic E-state index is 0.714. The van der Waals surface area contributed by atoms with E-state index in [1.165, 1.54) is 48.1 Å². The highest BCUT2D eigenvalue weighted by atomic mass is 14.9. The van der Waals surface area contributed by atoms with Crippen LogP contribution in [0.15, 0.2) is 12.1 Å². The fraction of sp³-hybridized carbons (Fsp3) is 0.571. The Bertz CT molecular complexity index is 349. The molecular weight excluding hydrogens is 182 g/mol. The predicted octanol–water partition coefficient (Wildman–Crippen LogP) is 2.91. The molecule has 1 aromatic carbocycles. The average molecular weight is 203 g/mol. The Morgan fingerprint density at radius 2 is 1.87 bits per heavy atom. The van der Waals surface area contributed by atoms with E-state index < -0.39 is 0 Å². The third-order valence-electron chi connectivity index (χ3n) is 3.58. The predicted molar refractivity (Wildman–Crippen MR) is 65.4 cm³/mol. The number of rotatable bonds is 2. The first kappa shape index (κ1) is 10.7. The molecule has 1 heteroatoms. The van der Waals surface area contributed by atoms with Crippen molar-refractivity contribution in [3.63, 3.8) is 0 Å². The van der Waals surface area contributed by atoms with Crippen LogP contribution in [0.1, 0.15) is 35.1 Å². The molecule has 0 amide bonds. The molecule has 1 saturated heterocycles. The van der Waals surface area contributed by atoms with Gasteiger partial charge in [0.15, 0.2) is 0 Å². The topological polar surface area (TPSA) is 12.0 Å². The van der Waals surface area contributed by atoms with Gasteiger partial charge in [0.2, 0.25) is 0 Å². The molecule has 0 unspecified atom stereocenters. The van der Waals surface area contributed by atoms with Gasteiger partial charge in [0.05, 0.1) is 0 Å². The number of hydrogen-bond acceptors (Lipinski definition) is 1. The second-order valence-corrected chi connectivity index (χ2v) is 4.86. The molecule has 1 atom stereocenters. The lowest BCUT2D eigenvalue weighted by Crippen LogP contribution is -2.24. The molecule has 82 valence electrons. The zero-order chi connectivity index (χ0) is 10.8. The molecule has 0 radical (unpaired) electrons. The van der Waals surface area contributed by atoms with Crippen LogP contribution in [0, 0.1) is 20.8 Å². The number of nitrogens with one attached hydrogen (secondary N) is 1. The lowest BCUT2D eigenvalue weighted by molar-refractivity contribution is 0.601. The van der Waals surface area contributed by atoms with E-state index in [0.29, 0.717) is 6.04 Å². The maximum atomic E-state index is 3.57. The van der Waals surface area contributed by atoms with Crippen LogP contribution in [0.5, 0.6) is 0 Å². The maximum absolute atomic E-state index is 3.57. The Kier molecular flexibility index (Phi) is 3.11. The third kappa shape index (κ3) is 2.40. The van der Waals surface area contributed by atoms with Gasteiger partial charge in [-0.25, -0.2) is 0 Å². The van der Waals surface area contributed by atoms with Gasteiger partial charge in [-0.15, -0.1) is 0 Å². The highest BCUT2D eigenvalue weighted by Gasteiger charge is 2.15. The summed E-state index contributed by atoms with van der Waals surface area (Å²) in [7, 11) is 0. The van der Waals surface area contributed by atoms with Crippen molar-refractivity contribution in [3.8, 4) is 0 Å². The SMILES string of the molecule is Cc1cc(C)c(C[C@@H]2CCCN2)cc1C. The van der Waals surface area contributed by atoms with E-state index in [-0.39, 0.29) is 0 Å². The van der Waals surface area contributed by atoms with Crippen molar-refractivity contribution in [3.05, 3.63) is 34.4 Å². The van der Waals surface area contributed by atoms with Crippen LogP contribution in [0.25, 0.3) is 0 Å². The monoisotopic (exact) mass is 203 g/mol. The van der Waals surface area contributed by atoms with Gasteiger partial charge in [-0.2, -0.15) is 0 Å². The Balaban J connectivity index is 2.16. The molecule has 0 bridgehead atoms. The fourth-order valence-corrected chi connectivity index (χ4v) is 2.44. The van der Waals surface area contributed by atoms with Crippen LogP contribution in [-0.4, -0.2) is 12.6 Å². The van der Waals surface area contributed by atoms with Gasteiger partial charge in [-0.05, 0) is 68.8 Å². The lowest BCUT2D eigenvalue weighted by atomic mass is 9.95. The van der Waals surface area contributed by atoms with Crippen molar-refractivity contribution in [2.75, 3.05) is 6.54 Å². The summed E-state index contributed by atoms with van der Waals surface area (Å²) >= 11 is 0. The molecule has 1 aliphatic heterocycles. The van der Waals surface area contributed by atoms with Gasteiger partial charge in [0, 0.05) is 6.04 Å². The molecule has 1 N–H and O–H groups in total. The van der Waals surface area contributed by atoms with Crippen LogP contribution in [0.3, 0.4) is 0 Å². The zero-order valence-corrected chi connectivity index (χ0v) is 10.1. The quantitative estimate of drug-likeness (QED) is 0.779. The summed E-state index contributed by atoms with van der Waals surface area (Å²) in [6.45, 7) is 7.84. The van der Waals surface area contributed by atoms with Crippen LogP contribution >= 0.6 is 0 Å². The van der Waals surface area contributed by atoms with Crippen LogP contribution in [-0.2, 0) is 6.42 Å². The molecule has 1 aliphatic rings. The lowest BCUT2D eigenvalue weighted by Gasteiger charge is -2.14. The largest absolute Gasteiger partial charge is 0.314 e. The summed E-state index contributed by atoms with van der Waals surface area (Å²) in [5, 5.41) is 3.57. The van der Waals surface area contributed by atoms with Crippen molar-refractivity contribution in [2.45, 2.75) is 46.1 Å². The molecule has 0 saturated carbocycles. The molecule has 1 nitrogen and oxygen atoms in total. The second-order valence-electron chi connectivity index (χ2n) is 4.86. The van der Waals surface area contributed by atoms with Crippen molar-refractivity contribution >= 4 is 0 Å². The average Bonchev–Trinajstić information content (AvgIpc) is 2.67. The molecule has 15 heavy (non-hydrogen) atoms. The molecule has 1 fully saturated rings. The van der Waals surface area contributed by atoms with E-state index in [0.717, 1.165) is 0 Å². The summed E-state index contributed by atoms with van der Waals surface area (Å²) in [5.74, 6) is 0. The smallest absolute Gasteiger partial charge is 0.0108 e. The minimum atomic E-state index is 0.714. The number of benzene rings is 1. The summed E-state index contributed by atoms with van der Waals surface area (Å²) in [5.41, 5.74) is 5.81. The summed E-state index contributed by atoms with van der Waals surface area (Å²) < 4.78 is 0. The van der Waals surface area contributed by atoms with E-state index in [9.17, 15) is 0 Å². The van der Waals surface area contributed by atoms with Gasteiger partial charge >= 0.3 is 0 Å². The summed E-state index contributed by atoms with van der Waals surface area (Å²) in [6, 6.07) is 5.40. The van der Waals surface area contributed by atoms with E-state index in [4.69, 9.17) is 0 Å². The Labute approximate surface area is 92.9 Å². The molecule has 0 aromatic heterocycles. The molecule has 0 aliphatic carbocycles. The van der Waals surface area contributed by atoms with E-state index >= 15 is 0 Å². The van der Waals surface area contributed by atoms with Gasteiger partial charge < -0.3 is 5.32 Å². The van der Waals surface area contributed by atoms with Crippen LogP contribution < -0.4 is 5.32 Å². The van der Waals surface area contributed by atoms with Crippen molar-refractivity contribution in [1.82, 2.24) is 5.32 Å². The normalized spacial score (nSPS) is 20.9. The molecule has 1 aromatic rings. The highest BCUT2D eigenvalue weighted by Crippen LogP contribution is 2.19. The molecule has 1 heterocycles. The zero-order valence-electron chi connectivity index (χ0n) is 10.1. The van der Waals surface area contributed by atoms with Crippen LogP contribution in [0.4, 0.5) is 0 Å². The first-order chi connectivity index (χ1) is 7.16. The Morgan fingerprint density at radius 3 is 2.53 bits per heavy atom. The number of aryl methyl sites for hydroxylation is 3. The first-order valence-corrected chi connectivity index (χ1v) is 5.97. The summed E-state index contributed by atoms with van der Waals surface area (Å²) in [4.78, 5) is 0.